The van der Waals surface area contributed by atoms with Crippen LogP contribution in [0.3, 0.4) is 0 Å². The average molecular weight is 436 g/mol. The molecule has 7 nitrogen and oxygen atoms in total. The van der Waals surface area contributed by atoms with Gasteiger partial charge in [0.2, 0.25) is 0 Å². The molecule has 31 heavy (non-hydrogen) atoms. The molecule has 1 atom stereocenters. The van der Waals surface area contributed by atoms with Gasteiger partial charge >= 0.3 is 5.97 Å². The van der Waals surface area contributed by atoms with Crippen molar-refractivity contribution in [2.24, 2.45) is 0 Å². The summed E-state index contributed by atoms with van der Waals surface area (Å²) in [6.07, 6.45) is 1.56. The van der Waals surface area contributed by atoms with Crippen LogP contribution in [0.15, 0.2) is 53.4 Å². The van der Waals surface area contributed by atoms with Crippen LogP contribution in [-0.2, 0) is 20.9 Å². The summed E-state index contributed by atoms with van der Waals surface area (Å²) in [6, 6.07) is 15.3. The van der Waals surface area contributed by atoms with Crippen LogP contribution in [0.4, 0.5) is 4.79 Å². The molecule has 0 saturated carbocycles. The minimum Gasteiger partial charge on any atom is -0.488 e. The van der Waals surface area contributed by atoms with E-state index in [4.69, 9.17) is 9.47 Å². The van der Waals surface area contributed by atoms with Gasteiger partial charge in [0, 0.05) is 11.1 Å². The van der Waals surface area contributed by atoms with E-state index in [-0.39, 0.29) is 18.1 Å². The third-order valence-corrected chi connectivity index (χ3v) is 5.45. The molecule has 0 aliphatic carbocycles. The number of rotatable bonds is 7. The highest BCUT2D eigenvalue weighted by atomic mass is 32.2. The lowest BCUT2D eigenvalue weighted by atomic mass is 10.1. The van der Waals surface area contributed by atoms with Crippen LogP contribution in [0.1, 0.15) is 30.5 Å². The van der Waals surface area contributed by atoms with Gasteiger partial charge in [-0.2, -0.15) is 5.26 Å². The minimum atomic E-state index is -1.01. The highest BCUT2D eigenvalue weighted by Gasteiger charge is 2.41. The quantitative estimate of drug-likeness (QED) is 0.476. The van der Waals surface area contributed by atoms with Crippen LogP contribution in [0.5, 0.6) is 5.75 Å². The first kappa shape index (κ1) is 22.1. The third kappa shape index (κ3) is 4.95. The molecule has 1 fully saturated rings. The number of benzene rings is 2. The van der Waals surface area contributed by atoms with Gasteiger partial charge in [-0.25, -0.2) is 4.79 Å². The van der Waals surface area contributed by atoms with E-state index in [0.29, 0.717) is 16.9 Å². The fraction of sp³-hybridized carbons (Fsp3) is 0.217. The lowest BCUT2D eigenvalue weighted by molar-refractivity contribution is -0.150. The smallest absolute Gasteiger partial charge is 0.329 e. The normalized spacial score (nSPS) is 15.6. The van der Waals surface area contributed by atoms with Gasteiger partial charge in [0.25, 0.3) is 11.1 Å². The molecule has 1 heterocycles. The van der Waals surface area contributed by atoms with Crippen LogP contribution in [0.25, 0.3) is 6.08 Å². The van der Waals surface area contributed by atoms with Gasteiger partial charge in [0.15, 0.2) is 0 Å². The molecule has 2 aromatic carbocycles. The number of hydrogen-bond acceptors (Lipinski definition) is 7. The maximum atomic E-state index is 12.8. The van der Waals surface area contributed by atoms with E-state index in [1.807, 2.05) is 12.1 Å². The van der Waals surface area contributed by atoms with Gasteiger partial charge in [-0.15, -0.1) is 0 Å². The number of para-hydroxylation sites is 1. The number of hydrogen-bond donors (Lipinski definition) is 0. The van der Waals surface area contributed by atoms with Gasteiger partial charge in [0.1, 0.15) is 18.4 Å². The number of carbonyl (C=O) groups excluding carboxylic acids is 3. The number of carbonyl (C=O) groups is 3. The Morgan fingerprint density at radius 1 is 1.19 bits per heavy atom. The maximum Gasteiger partial charge on any atom is 0.329 e. The van der Waals surface area contributed by atoms with Gasteiger partial charge < -0.3 is 9.47 Å². The molecule has 0 aromatic heterocycles. The summed E-state index contributed by atoms with van der Waals surface area (Å²) in [4.78, 5) is 38.2. The molecule has 0 N–H and O–H groups in total. The largest absolute Gasteiger partial charge is 0.488 e. The van der Waals surface area contributed by atoms with Crippen molar-refractivity contribution in [3.05, 3.63) is 70.1 Å². The molecule has 0 bridgehead atoms. The van der Waals surface area contributed by atoms with Crippen molar-refractivity contribution in [1.82, 2.24) is 4.90 Å². The molecule has 0 spiro atoms. The maximum absolute atomic E-state index is 12.8. The van der Waals surface area contributed by atoms with E-state index in [2.05, 4.69) is 6.07 Å². The van der Waals surface area contributed by atoms with E-state index in [1.54, 1.807) is 49.4 Å². The number of thioether (sulfide) groups is 1. The van der Waals surface area contributed by atoms with E-state index in [0.717, 1.165) is 22.2 Å². The predicted octanol–water partition coefficient (Wildman–Crippen LogP) is 4.13. The molecule has 1 aliphatic rings. The van der Waals surface area contributed by atoms with Crippen molar-refractivity contribution < 1.29 is 23.9 Å². The lowest BCUT2D eigenvalue weighted by Crippen LogP contribution is -2.42. The fourth-order valence-corrected chi connectivity index (χ4v) is 3.86. The van der Waals surface area contributed by atoms with E-state index in [9.17, 15) is 19.6 Å². The molecule has 1 unspecified atom stereocenters. The first-order chi connectivity index (χ1) is 15.0. The summed E-state index contributed by atoms with van der Waals surface area (Å²) < 4.78 is 10.8. The average Bonchev–Trinajstić information content (AvgIpc) is 3.05. The Hall–Kier alpha value is -3.57. The van der Waals surface area contributed by atoms with Gasteiger partial charge in [-0.3, -0.25) is 14.5 Å². The molecule has 1 aliphatic heterocycles. The predicted molar refractivity (Wildman–Crippen MR) is 116 cm³/mol. The second-order valence-corrected chi connectivity index (χ2v) is 7.57. The molecule has 3 rings (SSSR count). The summed E-state index contributed by atoms with van der Waals surface area (Å²) in [5.41, 5.74) is 1.86. The summed E-state index contributed by atoms with van der Waals surface area (Å²) >= 11 is 0.762. The number of nitriles is 1. The van der Waals surface area contributed by atoms with Gasteiger partial charge in [0.05, 0.1) is 23.1 Å². The number of amides is 2. The molecule has 2 amide bonds. The third-order valence-electron chi connectivity index (χ3n) is 4.57. The number of imide groups is 1. The Kier molecular flexibility index (Phi) is 7.11. The van der Waals surface area contributed by atoms with Crippen LogP contribution in [-0.4, -0.2) is 34.7 Å². The summed E-state index contributed by atoms with van der Waals surface area (Å²) in [5, 5.41) is 8.70. The van der Waals surface area contributed by atoms with Crippen molar-refractivity contribution in [3.63, 3.8) is 0 Å². The zero-order chi connectivity index (χ0) is 22.4. The van der Waals surface area contributed by atoms with Crippen molar-refractivity contribution in [2.45, 2.75) is 26.5 Å². The fourth-order valence-electron chi connectivity index (χ4n) is 2.97. The van der Waals surface area contributed by atoms with E-state index >= 15 is 0 Å². The number of ether oxygens (including phenoxy) is 2. The molecular formula is C23H20N2O5S. The standard InChI is InChI=1S/C23H20N2O5S/c1-3-29-22(27)15(2)25-21(26)20(31-23(25)28)12-16-8-6-7-11-19(16)30-14-18-10-5-4-9-17(18)13-24/h4-12,15H,3,14H2,1-2H3/b20-12+. The van der Waals surface area contributed by atoms with Gasteiger partial charge in [-0.1, -0.05) is 36.4 Å². The second-order valence-electron chi connectivity index (χ2n) is 6.58. The van der Waals surface area contributed by atoms with E-state index < -0.39 is 23.2 Å². The Morgan fingerprint density at radius 2 is 1.90 bits per heavy atom. The Morgan fingerprint density at radius 3 is 2.65 bits per heavy atom. The van der Waals surface area contributed by atoms with Crippen molar-refractivity contribution in [1.29, 1.82) is 5.26 Å². The Bertz CT molecular complexity index is 1090. The zero-order valence-electron chi connectivity index (χ0n) is 17.0. The highest BCUT2D eigenvalue weighted by Crippen LogP contribution is 2.35. The zero-order valence-corrected chi connectivity index (χ0v) is 17.8. The van der Waals surface area contributed by atoms with Crippen LogP contribution in [0.2, 0.25) is 0 Å². The monoisotopic (exact) mass is 436 g/mol. The van der Waals surface area contributed by atoms with E-state index in [1.165, 1.54) is 6.92 Å². The van der Waals surface area contributed by atoms with Crippen molar-refractivity contribution in [3.8, 4) is 11.8 Å². The summed E-state index contributed by atoms with van der Waals surface area (Å²) in [5.74, 6) is -0.688. The minimum absolute atomic E-state index is 0.162. The summed E-state index contributed by atoms with van der Waals surface area (Å²) in [6.45, 7) is 3.45. The Balaban J connectivity index is 1.81. The SMILES string of the molecule is CCOC(=O)C(C)N1C(=O)S/C(=C/c2ccccc2OCc2ccccc2C#N)C1=O. The first-order valence-corrected chi connectivity index (χ1v) is 10.4. The number of esters is 1. The van der Waals surface area contributed by atoms with Crippen LogP contribution < -0.4 is 4.74 Å². The Labute approximate surface area is 184 Å². The topological polar surface area (TPSA) is 96.7 Å². The number of nitrogens with zero attached hydrogens (tertiary/aromatic N) is 2. The van der Waals surface area contributed by atoms with Crippen molar-refractivity contribution >= 4 is 35.0 Å². The molecule has 158 valence electrons. The molecule has 0 radical (unpaired) electrons. The molecular weight excluding hydrogens is 416 g/mol. The molecule has 2 aromatic rings. The summed E-state index contributed by atoms with van der Waals surface area (Å²) in [7, 11) is 0. The molecule has 1 saturated heterocycles. The molecule has 8 heteroatoms. The lowest BCUT2D eigenvalue weighted by Gasteiger charge is -2.19. The van der Waals surface area contributed by atoms with Crippen LogP contribution in [0, 0.1) is 11.3 Å². The highest BCUT2D eigenvalue weighted by molar-refractivity contribution is 8.18. The first-order valence-electron chi connectivity index (χ1n) is 9.59. The van der Waals surface area contributed by atoms with Crippen LogP contribution >= 0.6 is 11.8 Å². The second kappa shape index (κ2) is 9.96. The van der Waals surface area contributed by atoms with Crippen molar-refractivity contribution in [2.75, 3.05) is 6.61 Å². The van der Waals surface area contributed by atoms with Gasteiger partial charge in [-0.05, 0) is 43.8 Å².